The number of nitrogens with one attached hydrogen (secondary N) is 3. The highest BCUT2D eigenvalue weighted by Crippen LogP contribution is 2.32. The topological polar surface area (TPSA) is 124 Å². The minimum absolute atomic E-state index is 0.246. The largest absolute Gasteiger partial charge is 0.496 e. The van der Waals surface area contributed by atoms with Crippen LogP contribution in [0.15, 0.2) is 59.5 Å². The molecule has 0 spiro atoms. The molecule has 1 aromatic heterocycles. The van der Waals surface area contributed by atoms with Gasteiger partial charge in [0.05, 0.1) is 25.5 Å². The van der Waals surface area contributed by atoms with Crippen molar-refractivity contribution in [2.45, 2.75) is 19.6 Å². The van der Waals surface area contributed by atoms with Crippen molar-refractivity contribution < 1.29 is 28.2 Å². The lowest BCUT2D eigenvalue weighted by Crippen LogP contribution is -2.29. The van der Waals surface area contributed by atoms with E-state index in [1.165, 1.54) is 20.6 Å². The second-order valence-electron chi connectivity index (χ2n) is 7.09. The van der Waals surface area contributed by atoms with E-state index < -0.39 is 12.1 Å². The Morgan fingerprint density at radius 3 is 2.58 bits per heavy atom. The summed E-state index contributed by atoms with van der Waals surface area (Å²) < 4.78 is 20.8. The molecule has 174 valence electrons. The van der Waals surface area contributed by atoms with E-state index in [-0.39, 0.29) is 12.6 Å². The first kappa shape index (κ1) is 23.6. The zero-order chi connectivity index (χ0) is 23.6. The lowest BCUT2D eigenvalue weighted by atomic mass is 10.1. The van der Waals surface area contributed by atoms with Gasteiger partial charge < -0.3 is 34.6 Å². The van der Waals surface area contributed by atoms with Gasteiger partial charge in [-0.1, -0.05) is 12.1 Å². The fourth-order valence-electron chi connectivity index (χ4n) is 3.04. The van der Waals surface area contributed by atoms with Crippen LogP contribution >= 0.6 is 0 Å². The maximum atomic E-state index is 12.5. The summed E-state index contributed by atoms with van der Waals surface area (Å²) in [7, 11) is 3.07. The molecular formula is C23H26N4O6. The number of ether oxygens (including phenoxy) is 3. The van der Waals surface area contributed by atoms with Crippen LogP contribution < -0.4 is 20.7 Å². The zero-order valence-electron chi connectivity index (χ0n) is 18.6. The van der Waals surface area contributed by atoms with Gasteiger partial charge in [0.25, 0.3) is 0 Å². The van der Waals surface area contributed by atoms with E-state index in [2.05, 4.69) is 20.9 Å². The molecule has 3 amide bonds. The molecule has 0 aliphatic rings. The van der Waals surface area contributed by atoms with Gasteiger partial charge in [-0.3, -0.25) is 0 Å². The molecule has 33 heavy (non-hydrogen) atoms. The summed E-state index contributed by atoms with van der Waals surface area (Å²) in [6.45, 7) is 2.30. The fraction of sp³-hybridized carbons (Fsp3) is 0.261. The molecule has 1 heterocycles. The first-order valence-corrected chi connectivity index (χ1v) is 10.2. The van der Waals surface area contributed by atoms with E-state index in [1.807, 2.05) is 6.07 Å². The number of hydrogen-bond donors (Lipinski definition) is 3. The third-order valence-electron chi connectivity index (χ3n) is 4.49. The van der Waals surface area contributed by atoms with E-state index >= 15 is 0 Å². The Bertz CT molecular complexity index is 1070. The summed E-state index contributed by atoms with van der Waals surface area (Å²) in [5, 5.41) is 8.20. The summed E-state index contributed by atoms with van der Waals surface area (Å²) in [5.74, 6) is 1.09. The van der Waals surface area contributed by atoms with Gasteiger partial charge in [-0.15, -0.1) is 0 Å². The molecule has 1 atom stereocenters. The SMILES string of the molecule is COCC(C)OC(=O)NCc1cccc(NC(=O)Nc2ccc(-c3cnco3)c(OC)c2)c1. The van der Waals surface area contributed by atoms with Crippen LogP contribution in [-0.2, 0) is 16.0 Å². The first-order valence-electron chi connectivity index (χ1n) is 10.2. The van der Waals surface area contributed by atoms with E-state index in [0.29, 0.717) is 29.5 Å². The fourth-order valence-corrected chi connectivity index (χ4v) is 3.04. The molecule has 3 N–H and O–H groups in total. The van der Waals surface area contributed by atoms with Gasteiger partial charge in [0.15, 0.2) is 12.2 Å². The smallest absolute Gasteiger partial charge is 0.407 e. The number of amides is 3. The van der Waals surface area contributed by atoms with Crippen molar-refractivity contribution in [1.82, 2.24) is 10.3 Å². The summed E-state index contributed by atoms with van der Waals surface area (Å²) in [6, 6.07) is 11.9. The molecule has 0 saturated carbocycles. The summed E-state index contributed by atoms with van der Waals surface area (Å²) in [5.41, 5.74) is 2.62. The van der Waals surface area contributed by atoms with E-state index in [0.717, 1.165) is 11.1 Å². The van der Waals surface area contributed by atoms with Crippen molar-refractivity contribution in [2.24, 2.45) is 0 Å². The molecule has 0 fully saturated rings. The number of carbonyl (C=O) groups excluding carboxylic acids is 2. The van der Waals surface area contributed by atoms with E-state index in [1.54, 1.807) is 49.5 Å². The van der Waals surface area contributed by atoms with Crippen LogP contribution in [0.1, 0.15) is 12.5 Å². The van der Waals surface area contributed by atoms with Crippen molar-refractivity contribution in [3.05, 3.63) is 60.6 Å². The molecule has 0 saturated heterocycles. The molecule has 3 rings (SSSR count). The standard InChI is InChI=1S/C23H26N4O6/c1-15(13-30-2)33-23(29)25-11-16-5-4-6-17(9-16)26-22(28)27-18-7-8-19(20(10-18)31-3)21-12-24-14-32-21/h4-10,12,14-15H,11,13H2,1-3H3,(H,25,29)(H2,26,27,28). The second kappa shape index (κ2) is 11.5. The molecule has 0 aliphatic heterocycles. The highest BCUT2D eigenvalue weighted by atomic mass is 16.6. The van der Waals surface area contributed by atoms with Crippen molar-refractivity contribution >= 4 is 23.5 Å². The van der Waals surface area contributed by atoms with Crippen LogP contribution in [0.4, 0.5) is 21.0 Å². The van der Waals surface area contributed by atoms with E-state index in [9.17, 15) is 9.59 Å². The van der Waals surface area contributed by atoms with Crippen molar-refractivity contribution in [1.29, 1.82) is 0 Å². The predicted molar refractivity (Wildman–Crippen MR) is 122 cm³/mol. The maximum Gasteiger partial charge on any atom is 0.407 e. The lowest BCUT2D eigenvalue weighted by Gasteiger charge is -2.13. The summed E-state index contributed by atoms with van der Waals surface area (Å²) in [6.07, 6.45) is 2.02. The van der Waals surface area contributed by atoms with Gasteiger partial charge >= 0.3 is 12.1 Å². The molecule has 1 unspecified atom stereocenters. The average Bonchev–Trinajstić information content (AvgIpc) is 3.32. The zero-order valence-corrected chi connectivity index (χ0v) is 18.6. The highest BCUT2D eigenvalue weighted by Gasteiger charge is 2.12. The average molecular weight is 454 g/mol. The number of benzene rings is 2. The van der Waals surface area contributed by atoms with Crippen LogP contribution in [-0.4, -0.2) is 44.0 Å². The molecule has 0 bridgehead atoms. The third kappa shape index (κ3) is 6.97. The first-order chi connectivity index (χ1) is 16.0. The molecular weight excluding hydrogens is 428 g/mol. The Morgan fingerprint density at radius 1 is 1.09 bits per heavy atom. The van der Waals surface area contributed by atoms with Crippen LogP contribution in [0.25, 0.3) is 11.3 Å². The third-order valence-corrected chi connectivity index (χ3v) is 4.49. The van der Waals surface area contributed by atoms with Gasteiger partial charge in [0.1, 0.15) is 11.9 Å². The number of oxazole rings is 1. The van der Waals surface area contributed by atoms with Crippen LogP contribution in [0, 0.1) is 0 Å². The number of rotatable bonds is 9. The second-order valence-corrected chi connectivity index (χ2v) is 7.09. The summed E-state index contributed by atoms with van der Waals surface area (Å²) in [4.78, 5) is 28.2. The molecule has 10 nitrogen and oxygen atoms in total. The van der Waals surface area contributed by atoms with Crippen LogP contribution in [0.2, 0.25) is 0 Å². The number of alkyl carbamates (subject to hydrolysis) is 1. The van der Waals surface area contributed by atoms with Gasteiger partial charge in [-0.2, -0.15) is 0 Å². The lowest BCUT2D eigenvalue weighted by molar-refractivity contribution is 0.0488. The van der Waals surface area contributed by atoms with E-state index in [4.69, 9.17) is 18.6 Å². The minimum Gasteiger partial charge on any atom is -0.496 e. The quantitative estimate of drug-likeness (QED) is 0.441. The minimum atomic E-state index is -0.543. The van der Waals surface area contributed by atoms with Gasteiger partial charge in [0, 0.05) is 31.1 Å². The Labute approximate surface area is 191 Å². The molecule has 3 aromatic rings. The van der Waals surface area contributed by atoms with Crippen molar-refractivity contribution in [3.8, 4) is 17.1 Å². The number of hydrogen-bond acceptors (Lipinski definition) is 7. The number of carbonyl (C=O) groups is 2. The highest BCUT2D eigenvalue weighted by molar-refractivity contribution is 6.00. The van der Waals surface area contributed by atoms with Crippen molar-refractivity contribution in [3.63, 3.8) is 0 Å². The number of aromatic nitrogens is 1. The Kier molecular flexibility index (Phi) is 8.25. The molecule has 2 aromatic carbocycles. The normalized spacial score (nSPS) is 11.4. The molecule has 10 heteroatoms. The van der Waals surface area contributed by atoms with Crippen molar-refractivity contribution in [2.75, 3.05) is 31.5 Å². The number of anilines is 2. The Morgan fingerprint density at radius 2 is 1.88 bits per heavy atom. The number of nitrogens with zero attached hydrogens (tertiary/aromatic N) is 1. The van der Waals surface area contributed by atoms with Gasteiger partial charge in [0.2, 0.25) is 0 Å². The Balaban J connectivity index is 1.56. The van der Waals surface area contributed by atoms with Gasteiger partial charge in [-0.05, 0) is 36.8 Å². The predicted octanol–water partition coefficient (Wildman–Crippen LogP) is 4.26. The number of methoxy groups -OCH3 is 2. The van der Waals surface area contributed by atoms with Crippen LogP contribution in [0.3, 0.4) is 0 Å². The molecule has 0 radical (unpaired) electrons. The van der Waals surface area contributed by atoms with Crippen LogP contribution in [0.5, 0.6) is 5.75 Å². The van der Waals surface area contributed by atoms with Gasteiger partial charge in [-0.25, -0.2) is 14.6 Å². The number of urea groups is 1. The maximum absolute atomic E-state index is 12.5. The monoisotopic (exact) mass is 454 g/mol. The molecule has 0 aliphatic carbocycles. The summed E-state index contributed by atoms with van der Waals surface area (Å²) >= 11 is 0. The Hall–Kier alpha value is -4.05.